The van der Waals surface area contributed by atoms with Crippen LogP contribution < -0.4 is 5.32 Å². The van der Waals surface area contributed by atoms with Gasteiger partial charge in [0.05, 0.1) is 6.33 Å². The third kappa shape index (κ3) is 2.49. The molecule has 5 heteroatoms. The van der Waals surface area contributed by atoms with Crippen molar-refractivity contribution in [1.29, 1.82) is 0 Å². The SMILES string of the molecule is CCN(CC)C(=O)c1cn(C2CCNC2)cn1. The minimum Gasteiger partial charge on any atom is -0.338 e. The average molecular weight is 236 g/mol. The molecule has 5 nitrogen and oxygen atoms in total. The zero-order valence-corrected chi connectivity index (χ0v) is 10.5. The fourth-order valence-electron chi connectivity index (χ4n) is 2.21. The van der Waals surface area contributed by atoms with Crippen molar-refractivity contribution in [3.8, 4) is 0 Å². The third-order valence-corrected chi connectivity index (χ3v) is 3.33. The summed E-state index contributed by atoms with van der Waals surface area (Å²) >= 11 is 0. The van der Waals surface area contributed by atoms with Crippen LogP contribution in [0.2, 0.25) is 0 Å². The Hall–Kier alpha value is -1.36. The van der Waals surface area contributed by atoms with Crippen molar-refractivity contribution < 1.29 is 4.79 Å². The van der Waals surface area contributed by atoms with Gasteiger partial charge in [-0.15, -0.1) is 0 Å². The molecule has 0 aromatic carbocycles. The Kier molecular flexibility index (Phi) is 3.78. The predicted octanol–water partition coefficient (Wildman–Crippen LogP) is 0.899. The number of carbonyl (C=O) groups is 1. The Morgan fingerprint density at radius 3 is 2.94 bits per heavy atom. The second-order valence-corrected chi connectivity index (χ2v) is 4.33. The molecule has 1 saturated heterocycles. The van der Waals surface area contributed by atoms with E-state index in [4.69, 9.17) is 0 Å². The zero-order chi connectivity index (χ0) is 12.3. The number of amides is 1. The summed E-state index contributed by atoms with van der Waals surface area (Å²) in [6, 6.07) is 0.445. The molecule has 0 aliphatic carbocycles. The van der Waals surface area contributed by atoms with Gasteiger partial charge in [-0.3, -0.25) is 4.79 Å². The molecule has 0 saturated carbocycles. The van der Waals surface area contributed by atoms with Crippen molar-refractivity contribution in [1.82, 2.24) is 19.8 Å². The van der Waals surface area contributed by atoms with E-state index in [-0.39, 0.29) is 5.91 Å². The van der Waals surface area contributed by atoms with E-state index in [1.54, 1.807) is 11.2 Å². The van der Waals surface area contributed by atoms with E-state index in [0.29, 0.717) is 11.7 Å². The summed E-state index contributed by atoms with van der Waals surface area (Å²) in [7, 11) is 0. The van der Waals surface area contributed by atoms with Crippen molar-refractivity contribution in [3.05, 3.63) is 18.2 Å². The van der Waals surface area contributed by atoms with Crippen LogP contribution in [0.3, 0.4) is 0 Å². The van der Waals surface area contributed by atoms with Gasteiger partial charge in [0.2, 0.25) is 0 Å². The van der Waals surface area contributed by atoms with Crippen molar-refractivity contribution in [3.63, 3.8) is 0 Å². The number of rotatable bonds is 4. The molecule has 0 radical (unpaired) electrons. The van der Waals surface area contributed by atoms with Crippen LogP contribution >= 0.6 is 0 Å². The van der Waals surface area contributed by atoms with Crippen LogP contribution in [0.5, 0.6) is 0 Å². The van der Waals surface area contributed by atoms with Crippen LogP contribution in [0.4, 0.5) is 0 Å². The van der Waals surface area contributed by atoms with Crippen molar-refractivity contribution in [2.45, 2.75) is 26.3 Å². The highest BCUT2D eigenvalue weighted by molar-refractivity contribution is 5.92. The lowest BCUT2D eigenvalue weighted by Gasteiger charge is -2.16. The Morgan fingerprint density at radius 2 is 2.35 bits per heavy atom. The molecule has 1 aliphatic heterocycles. The number of nitrogens with one attached hydrogen (secondary N) is 1. The molecule has 1 amide bonds. The lowest BCUT2D eigenvalue weighted by atomic mass is 10.2. The van der Waals surface area contributed by atoms with E-state index in [2.05, 4.69) is 14.9 Å². The quantitative estimate of drug-likeness (QED) is 0.845. The van der Waals surface area contributed by atoms with E-state index >= 15 is 0 Å². The molecular formula is C12H20N4O. The molecule has 1 fully saturated rings. The zero-order valence-electron chi connectivity index (χ0n) is 10.5. The summed E-state index contributed by atoms with van der Waals surface area (Å²) in [6.45, 7) is 7.44. The molecule has 1 N–H and O–H groups in total. The van der Waals surface area contributed by atoms with E-state index in [1.807, 2.05) is 20.0 Å². The molecule has 1 atom stereocenters. The van der Waals surface area contributed by atoms with Crippen LogP contribution in [0.15, 0.2) is 12.5 Å². The van der Waals surface area contributed by atoms with Gasteiger partial charge >= 0.3 is 0 Å². The van der Waals surface area contributed by atoms with Gasteiger partial charge < -0.3 is 14.8 Å². The van der Waals surface area contributed by atoms with Crippen LogP contribution in [0.1, 0.15) is 36.8 Å². The van der Waals surface area contributed by atoms with Gasteiger partial charge in [-0.25, -0.2) is 4.98 Å². The maximum absolute atomic E-state index is 12.1. The van der Waals surface area contributed by atoms with Crippen molar-refractivity contribution in [2.24, 2.45) is 0 Å². The van der Waals surface area contributed by atoms with Crippen molar-refractivity contribution in [2.75, 3.05) is 26.2 Å². The number of hydrogen-bond donors (Lipinski definition) is 1. The molecule has 1 unspecified atom stereocenters. The van der Waals surface area contributed by atoms with Crippen molar-refractivity contribution >= 4 is 5.91 Å². The molecule has 1 aromatic heterocycles. The highest BCUT2D eigenvalue weighted by Crippen LogP contribution is 2.15. The summed E-state index contributed by atoms with van der Waals surface area (Å²) in [6.07, 6.45) is 4.75. The molecular weight excluding hydrogens is 216 g/mol. The molecule has 1 aliphatic rings. The molecule has 94 valence electrons. The molecule has 0 spiro atoms. The van der Waals surface area contributed by atoms with Gasteiger partial charge in [0.25, 0.3) is 5.91 Å². The fraction of sp³-hybridized carbons (Fsp3) is 0.667. The standard InChI is InChI=1S/C12H20N4O/c1-3-15(4-2)12(17)11-8-16(9-14-11)10-5-6-13-7-10/h8-10,13H,3-7H2,1-2H3. The first kappa shape index (κ1) is 12.1. The van der Waals surface area contributed by atoms with Crippen LogP contribution in [0, 0.1) is 0 Å². The first-order valence-electron chi connectivity index (χ1n) is 6.29. The molecule has 2 heterocycles. The second kappa shape index (κ2) is 5.31. The topological polar surface area (TPSA) is 50.2 Å². The van der Waals surface area contributed by atoms with Gasteiger partial charge in [-0.1, -0.05) is 0 Å². The molecule has 17 heavy (non-hydrogen) atoms. The highest BCUT2D eigenvalue weighted by atomic mass is 16.2. The van der Waals surface area contributed by atoms with Crippen LogP contribution in [0.25, 0.3) is 0 Å². The van der Waals surface area contributed by atoms with Gasteiger partial charge in [0, 0.05) is 31.9 Å². The first-order chi connectivity index (χ1) is 8.26. The summed E-state index contributed by atoms with van der Waals surface area (Å²) in [5, 5.41) is 3.31. The lowest BCUT2D eigenvalue weighted by Crippen LogP contribution is -2.30. The van der Waals surface area contributed by atoms with Gasteiger partial charge in [-0.05, 0) is 26.8 Å². The Bertz CT molecular complexity index is 378. The minimum atomic E-state index is 0.0275. The largest absolute Gasteiger partial charge is 0.338 e. The summed E-state index contributed by atoms with van der Waals surface area (Å²) in [5.41, 5.74) is 0.556. The van der Waals surface area contributed by atoms with E-state index in [0.717, 1.165) is 32.6 Å². The summed E-state index contributed by atoms with van der Waals surface area (Å²) in [4.78, 5) is 18.1. The third-order valence-electron chi connectivity index (χ3n) is 3.33. The van der Waals surface area contributed by atoms with E-state index in [1.165, 1.54) is 0 Å². The van der Waals surface area contributed by atoms with Gasteiger partial charge in [0.15, 0.2) is 0 Å². The maximum atomic E-state index is 12.1. The van der Waals surface area contributed by atoms with Crippen LogP contribution in [-0.4, -0.2) is 46.5 Å². The molecule has 0 bridgehead atoms. The Labute approximate surface area is 102 Å². The normalized spacial score (nSPS) is 19.5. The monoisotopic (exact) mass is 236 g/mol. The number of hydrogen-bond acceptors (Lipinski definition) is 3. The van der Waals surface area contributed by atoms with E-state index in [9.17, 15) is 4.79 Å². The first-order valence-corrected chi connectivity index (χ1v) is 6.29. The molecule has 2 rings (SSSR count). The fourth-order valence-corrected chi connectivity index (χ4v) is 2.21. The van der Waals surface area contributed by atoms with E-state index < -0.39 is 0 Å². The summed E-state index contributed by atoms with van der Waals surface area (Å²) in [5.74, 6) is 0.0275. The number of imidazole rings is 1. The van der Waals surface area contributed by atoms with Gasteiger partial charge in [-0.2, -0.15) is 0 Å². The van der Waals surface area contributed by atoms with Gasteiger partial charge in [0.1, 0.15) is 5.69 Å². The predicted molar refractivity (Wildman–Crippen MR) is 66.0 cm³/mol. The van der Waals surface area contributed by atoms with Crippen LogP contribution in [-0.2, 0) is 0 Å². The number of nitrogens with zero attached hydrogens (tertiary/aromatic N) is 3. The molecule has 1 aromatic rings. The second-order valence-electron chi connectivity index (χ2n) is 4.33. The average Bonchev–Trinajstić information content (AvgIpc) is 3.01. The minimum absolute atomic E-state index is 0.0275. The maximum Gasteiger partial charge on any atom is 0.274 e. The smallest absolute Gasteiger partial charge is 0.274 e. The highest BCUT2D eigenvalue weighted by Gasteiger charge is 2.20. The Balaban J connectivity index is 2.09. The summed E-state index contributed by atoms with van der Waals surface area (Å²) < 4.78 is 2.05. The Morgan fingerprint density at radius 1 is 1.59 bits per heavy atom. The number of carbonyl (C=O) groups excluding carboxylic acids is 1. The lowest BCUT2D eigenvalue weighted by molar-refractivity contribution is 0.0767. The number of aromatic nitrogens is 2.